The van der Waals surface area contributed by atoms with Gasteiger partial charge in [0.2, 0.25) is 0 Å². The van der Waals surface area contributed by atoms with Gasteiger partial charge in [-0.2, -0.15) is 0 Å². The van der Waals surface area contributed by atoms with Crippen LogP contribution in [0.4, 0.5) is 0 Å². The first-order valence-corrected chi connectivity index (χ1v) is 9.88. The molecule has 0 spiro atoms. The van der Waals surface area contributed by atoms with E-state index in [2.05, 4.69) is 84.9 Å². The predicted octanol–water partition coefficient (Wildman–Crippen LogP) is 8.07. The summed E-state index contributed by atoms with van der Waals surface area (Å²) in [6.45, 7) is 0. The minimum Gasteiger partial charge on any atom is -0.0616 e. The molecule has 0 aliphatic heterocycles. The molecule has 0 nitrogen and oxygen atoms in total. The summed E-state index contributed by atoms with van der Waals surface area (Å²) in [4.78, 5) is 0. The number of rotatable bonds is 0. The van der Waals surface area contributed by atoms with Gasteiger partial charge in [-0.05, 0) is 87.5 Å². The van der Waals surface area contributed by atoms with Crippen LogP contribution in [0.25, 0.3) is 75.4 Å². The monoisotopic (exact) mass is 350 g/mol. The zero-order chi connectivity index (χ0) is 18.0. The van der Waals surface area contributed by atoms with Crippen molar-refractivity contribution < 1.29 is 0 Å². The molecule has 0 heteroatoms. The Morgan fingerprint density at radius 2 is 0.679 bits per heavy atom. The average molecular weight is 350 g/mol. The summed E-state index contributed by atoms with van der Waals surface area (Å²) in [6, 6.07) is 31.8. The Morgan fingerprint density at radius 1 is 0.286 bits per heavy atom. The Kier molecular flexibility index (Phi) is 2.06. The highest BCUT2D eigenvalue weighted by molar-refractivity contribution is 6.45. The second kappa shape index (κ2) is 4.26. The Morgan fingerprint density at radius 3 is 1.11 bits per heavy atom. The third-order valence-electron chi connectivity index (χ3n) is 6.88. The molecule has 0 aliphatic carbocycles. The minimum absolute atomic E-state index is 1.36. The largest absolute Gasteiger partial charge is 0.0616 e. The topological polar surface area (TPSA) is 0 Å². The molecule has 0 atom stereocenters. The molecule has 0 aromatic heterocycles. The summed E-state index contributed by atoms with van der Waals surface area (Å²) >= 11 is 0. The smallest absolute Gasteiger partial charge is 0.00136 e. The fourth-order valence-corrected chi connectivity index (χ4v) is 5.81. The van der Waals surface area contributed by atoms with Crippen LogP contribution in [-0.2, 0) is 0 Å². The van der Waals surface area contributed by atoms with E-state index in [1.807, 2.05) is 0 Å². The van der Waals surface area contributed by atoms with E-state index in [4.69, 9.17) is 0 Å². The van der Waals surface area contributed by atoms with Crippen LogP contribution in [0.3, 0.4) is 0 Å². The molecule has 0 N–H and O–H groups in total. The van der Waals surface area contributed by atoms with Crippen molar-refractivity contribution in [2.24, 2.45) is 0 Å². The average Bonchev–Trinajstić information content (AvgIpc) is 3.25. The molecule has 0 bridgehead atoms. The summed E-state index contributed by atoms with van der Waals surface area (Å²) < 4.78 is 0. The summed E-state index contributed by atoms with van der Waals surface area (Å²) in [6.07, 6.45) is 0. The molecule has 0 saturated carbocycles. The van der Waals surface area contributed by atoms with Gasteiger partial charge in [-0.25, -0.2) is 0 Å². The van der Waals surface area contributed by atoms with Gasteiger partial charge in [0.1, 0.15) is 0 Å². The maximum absolute atomic E-state index is 2.42. The van der Waals surface area contributed by atoms with Crippen LogP contribution in [0.5, 0.6) is 0 Å². The van der Waals surface area contributed by atoms with Crippen molar-refractivity contribution in [2.75, 3.05) is 0 Å². The minimum atomic E-state index is 1.36. The normalized spacial score (nSPS) is 13.0. The Bertz CT molecular complexity index is 1710. The molecular weight excluding hydrogens is 336 g/mol. The third kappa shape index (κ3) is 1.31. The molecule has 8 aromatic rings. The van der Waals surface area contributed by atoms with E-state index in [1.54, 1.807) is 0 Å². The fourth-order valence-electron chi connectivity index (χ4n) is 5.81. The van der Waals surface area contributed by atoms with Gasteiger partial charge in [-0.3, -0.25) is 0 Å². The van der Waals surface area contributed by atoms with Crippen molar-refractivity contribution in [3.63, 3.8) is 0 Å². The van der Waals surface area contributed by atoms with Gasteiger partial charge in [0, 0.05) is 0 Å². The second-order valence-electron chi connectivity index (χ2n) is 8.11. The highest BCUT2D eigenvalue weighted by Crippen LogP contribution is 2.49. The summed E-state index contributed by atoms with van der Waals surface area (Å²) in [7, 11) is 0. The molecule has 0 saturated heterocycles. The SMILES string of the molecule is c1ccc2c(c1)c1ccc3cc4c5ccccc5c5ccc6cc2c1c3c6c54. The number of hydrogen-bond donors (Lipinski definition) is 0. The Balaban J connectivity index is 1.83. The fraction of sp³-hybridized carbons (Fsp3) is 0. The lowest BCUT2D eigenvalue weighted by molar-refractivity contribution is 1.85. The zero-order valence-corrected chi connectivity index (χ0v) is 15.1. The highest BCUT2D eigenvalue weighted by Gasteiger charge is 2.21. The molecule has 0 aliphatic rings. The lowest BCUT2D eigenvalue weighted by Crippen LogP contribution is -1.84. The first-order valence-electron chi connectivity index (χ1n) is 9.88. The first kappa shape index (κ1) is 13.5. The zero-order valence-electron chi connectivity index (χ0n) is 15.1. The maximum atomic E-state index is 2.42. The highest BCUT2D eigenvalue weighted by atomic mass is 14.2. The summed E-state index contributed by atoms with van der Waals surface area (Å²) in [5.41, 5.74) is 0. The lowest BCUT2D eigenvalue weighted by atomic mass is 9.90. The number of hydrogen-bond acceptors (Lipinski definition) is 0. The van der Waals surface area contributed by atoms with E-state index in [0.717, 1.165) is 0 Å². The van der Waals surface area contributed by atoms with E-state index in [-0.39, 0.29) is 0 Å². The van der Waals surface area contributed by atoms with E-state index >= 15 is 0 Å². The molecule has 0 heterocycles. The van der Waals surface area contributed by atoms with Crippen LogP contribution >= 0.6 is 0 Å². The molecule has 28 heavy (non-hydrogen) atoms. The quantitative estimate of drug-likeness (QED) is 0.243. The van der Waals surface area contributed by atoms with Crippen LogP contribution in [0.2, 0.25) is 0 Å². The van der Waals surface area contributed by atoms with E-state index < -0.39 is 0 Å². The molecule has 8 aromatic carbocycles. The molecule has 126 valence electrons. The summed E-state index contributed by atoms with van der Waals surface area (Å²) in [5.74, 6) is 0. The second-order valence-corrected chi connectivity index (χ2v) is 8.11. The van der Waals surface area contributed by atoms with Crippen LogP contribution in [0.15, 0.2) is 84.9 Å². The maximum Gasteiger partial charge on any atom is -0.00136 e. The molecule has 8 rings (SSSR count). The van der Waals surface area contributed by atoms with Gasteiger partial charge in [-0.1, -0.05) is 72.8 Å². The van der Waals surface area contributed by atoms with Crippen LogP contribution in [0, 0.1) is 0 Å². The van der Waals surface area contributed by atoms with Gasteiger partial charge in [0.25, 0.3) is 0 Å². The Hall–Kier alpha value is -3.64. The van der Waals surface area contributed by atoms with E-state index in [0.29, 0.717) is 0 Å². The number of benzene rings is 6. The van der Waals surface area contributed by atoms with Gasteiger partial charge in [-0.15, -0.1) is 0 Å². The van der Waals surface area contributed by atoms with Crippen LogP contribution in [0.1, 0.15) is 0 Å². The predicted molar refractivity (Wildman–Crippen MR) is 123 cm³/mol. The van der Waals surface area contributed by atoms with Crippen LogP contribution in [-0.4, -0.2) is 0 Å². The molecule has 0 fully saturated rings. The molecule has 0 unspecified atom stereocenters. The summed E-state index contributed by atoms with van der Waals surface area (Å²) in [5, 5.41) is 19.5. The van der Waals surface area contributed by atoms with Gasteiger partial charge in [0.15, 0.2) is 0 Å². The van der Waals surface area contributed by atoms with Crippen molar-refractivity contribution >= 4 is 75.4 Å². The molecule has 0 radical (unpaired) electrons. The molecular formula is C28H14. The van der Waals surface area contributed by atoms with Crippen molar-refractivity contribution in [3.05, 3.63) is 84.9 Å². The van der Waals surface area contributed by atoms with E-state index in [9.17, 15) is 0 Å². The van der Waals surface area contributed by atoms with Crippen molar-refractivity contribution in [3.8, 4) is 0 Å². The van der Waals surface area contributed by atoms with Gasteiger partial charge >= 0.3 is 0 Å². The first-order chi connectivity index (χ1) is 13.9. The third-order valence-corrected chi connectivity index (χ3v) is 6.88. The van der Waals surface area contributed by atoms with Crippen molar-refractivity contribution in [1.29, 1.82) is 0 Å². The van der Waals surface area contributed by atoms with Gasteiger partial charge in [0.05, 0.1) is 0 Å². The van der Waals surface area contributed by atoms with Crippen LogP contribution < -0.4 is 0 Å². The van der Waals surface area contributed by atoms with Crippen molar-refractivity contribution in [2.45, 2.75) is 0 Å². The molecule has 0 amide bonds. The van der Waals surface area contributed by atoms with E-state index in [1.165, 1.54) is 75.4 Å². The van der Waals surface area contributed by atoms with Crippen molar-refractivity contribution in [1.82, 2.24) is 0 Å². The van der Waals surface area contributed by atoms with Gasteiger partial charge < -0.3 is 0 Å². The number of fused-ring (bicyclic) bond motifs is 6. The Labute approximate surface area is 160 Å². The lowest BCUT2D eigenvalue weighted by Gasteiger charge is -2.12. The standard InChI is InChI=1S/C28H14/c1-3-7-19-17(5-1)21-11-9-15-14-24-20-8-4-2-6-18(20)22-12-10-16-13-23(19)27(21)25(15)26(16)28(22)24/h1-14H.